The van der Waals surface area contributed by atoms with Gasteiger partial charge in [0.2, 0.25) is 11.8 Å². The Morgan fingerprint density at radius 2 is 1.88 bits per heavy atom. The van der Waals surface area contributed by atoms with Crippen molar-refractivity contribution in [3.05, 3.63) is 41.5 Å². The van der Waals surface area contributed by atoms with Crippen LogP contribution in [0.5, 0.6) is 0 Å². The van der Waals surface area contributed by atoms with Crippen LogP contribution in [0.1, 0.15) is 45.2 Å². The smallest absolute Gasteiger partial charge is 0.246 e. The minimum Gasteiger partial charge on any atom is -0.356 e. The molecule has 1 aliphatic heterocycles. The number of carbonyl (C=O) groups is 2. The fourth-order valence-corrected chi connectivity index (χ4v) is 2.72. The Labute approximate surface area is 149 Å². The molecule has 2 N–H and O–H groups in total. The minimum absolute atomic E-state index is 0.0142. The topological polar surface area (TPSA) is 70.6 Å². The fraction of sp³-hybridized carbons (Fsp3) is 0.450. The van der Waals surface area contributed by atoms with Crippen molar-refractivity contribution in [1.82, 2.24) is 10.6 Å². The molecule has 1 aromatic rings. The molecule has 0 unspecified atom stereocenters. The lowest BCUT2D eigenvalue weighted by Crippen LogP contribution is -2.30. The van der Waals surface area contributed by atoms with Gasteiger partial charge in [0.15, 0.2) is 0 Å². The van der Waals surface area contributed by atoms with Crippen molar-refractivity contribution >= 4 is 23.2 Å². The van der Waals surface area contributed by atoms with Crippen molar-refractivity contribution in [3.8, 4) is 0 Å². The Balaban J connectivity index is 1.80. The average Bonchev–Trinajstić information content (AvgIpc) is 2.76. The molecule has 0 fully saturated rings. The van der Waals surface area contributed by atoms with E-state index in [1.54, 1.807) is 6.92 Å². The second-order valence-corrected chi connectivity index (χ2v) is 7.09. The van der Waals surface area contributed by atoms with Crippen LogP contribution in [0.2, 0.25) is 0 Å². The number of benzene rings is 1. The first kappa shape index (κ1) is 18.9. The first-order valence-electron chi connectivity index (χ1n) is 8.61. The number of hydrogen-bond acceptors (Lipinski definition) is 3. The first-order chi connectivity index (χ1) is 11.7. The fourth-order valence-electron chi connectivity index (χ4n) is 2.72. The Hall–Kier alpha value is -2.43. The van der Waals surface area contributed by atoms with Gasteiger partial charge in [0.1, 0.15) is 0 Å². The molecular weight excluding hydrogens is 314 g/mol. The normalized spacial score (nSPS) is 14.5. The van der Waals surface area contributed by atoms with Gasteiger partial charge in [0.05, 0.1) is 12.1 Å². The van der Waals surface area contributed by atoms with Crippen LogP contribution in [0.3, 0.4) is 0 Å². The number of nitrogens with zero attached hydrogens (tertiary/aromatic N) is 1. The quantitative estimate of drug-likeness (QED) is 0.591. The van der Waals surface area contributed by atoms with Crippen molar-refractivity contribution < 1.29 is 9.59 Å². The van der Waals surface area contributed by atoms with Crippen molar-refractivity contribution in [1.29, 1.82) is 0 Å². The highest BCUT2D eigenvalue weighted by Gasteiger charge is 2.32. The van der Waals surface area contributed by atoms with Crippen LogP contribution in [-0.2, 0) is 21.4 Å². The number of nitrogens with one attached hydrogen (secondary N) is 2. The van der Waals surface area contributed by atoms with E-state index >= 15 is 0 Å². The maximum absolute atomic E-state index is 12.1. The van der Waals surface area contributed by atoms with Gasteiger partial charge in [-0.1, -0.05) is 32.6 Å². The van der Waals surface area contributed by atoms with Gasteiger partial charge in [-0.05, 0) is 37.5 Å². The number of hydrogen-bond donors (Lipinski definition) is 2. The van der Waals surface area contributed by atoms with Gasteiger partial charge < -0.3 is 10.6 Å². The molecule has 0 spiro atoms. The molecule has 5 nitrogen and oxygen atoms in total. The van der Waals surface area contributed by atoms with Crippen molar-refractivity contribution in [3.63, 3.8) is 0 Å². The molecule has 2 amide bonds. The van der Waals surface area contributed by atoms with E-state index in [0.29, 0.717) is 31.5 Å². The molecule has 0 aromatic heterocycles. The second-order valence-electron chi connectivity index (χ2n) is 7.09. The summed E-state index contributed by atoms with van der Waals surface area (Å²) in [6.45, 7) is 12.7. The number of rotatable bonds is 7. The molecule has 2 rings (SSSR count). The van der Waals surface area contributed by atoms with Crippen LogP contribution in [0, 0.1) is 0 Å². The maximum Gasteiger partial charge on any atom is 0.246 e. The van der Waals surface area contributed by atoms with Crippen LogP contribution in [-0.4, -0.2) is 30.6 Å². The third kappa shape index (κ3) is 4.56. The van der Waals surface area contributed by atoms with Crippen molar-refractivity contribution in [2.45, 2.75) is 46.0 Å². The predicted molar refractivity (Wildman–Crippen MR) is 101 cm³/mol. The van der Waals surface area contributed by atoms with Gasteiger partial charge in [0.25, 0.3) is 0 Å². The first-order valence-corrected chi connectivity index (χ1v) is 8.61. The summed E-state index contributed by atoms with van der Waals surface area (Å²) < 4.78 is 0. The van der Waals surface area contributed by atoms with Crippen LogP contribution in [0.25, 0.3) is 0 Å². The zero-order valence-electron chi connectivity index (χ0n) is 15.5. The summed E-state index contributed by atoms with van der Waals surface area (Å²) in [6.07, 6.45) is 1.04. The molecule has 1 aliphatic rings. The summed E-state index contributed by atoms with van der Waals surface area (Å²) in [5.41, 5.74) is 4.68. The van der Waals surface area contributed by atoms with Gasteiger partial charge in [-0.3, -0.25) is 14.6 Å². The molecule has 25 heavy (non-hydrogen) atoms. The van der Waals surface area contributed by atoms with Gasteiger partial charge in [-0.2, -0.15) is 0 Å². The summed E-state index contributed by atoms with van der Waals surface area (Å²) in [6, 6.07) is 6.04. The Morgan fingerprint density at radius 1 is 1.20 bits per heavy atom. The van der Waals surface area contributed by atoms with E-state index in [1.807, 2.05) is 19.1 Å². The van der Waals surface area contributed by atoms with Crippen molar-refractivity contribution in [2.75, 3.05) is 13.1 Å². The van der Waals surface area contributed by atoms with Gasteiger partial charge >= 0.3 is 0 Å². The van der Waals surface area contributed by atoms with Crippen LogP contribution < -0.4 is 10.6 Å². The van der Waals surface area contributed by atoms with Crippen LogP contribution >= 0.6 is 0 Å². The van der Waals surface area contributed by atoms with E-state index in [9.17, 15) is 9.59 Å². The lowest BCUT2D eigenvalue weighted by atomic mass is 9.81. The van der Waals surface area contributed by atoms with E-state index < -0.39 is 0 Å². The summed E-state index contributed by atoms with van der Waals surface area (Å²) in [5, 5.41) is 5.63. The molecule has 0 atom stereocenters. The van der Waals surface area contributed by atoms with Crippen LogP contribution in [0.15, 0.2) is 35.3 Å². The predicted octanol–water partition coefficient (Wildman–Crippen LogP) is 2.81. The number of amides is 2. The number of aliphatic imine (C=N–C) groups is 1. The van der Waals surface area contributed by atoms with Gasteiger partial charge in [-0.25, -0.2) is 0 Å². The molecule has 0 aliphatic carbocycles. The Kier molecular flexibility index (Phi) is 5.77. The molecule has 0 saturated carbocycles. The molecule has 1 heterocycles. The molecule has 0 radical (unpaired) electrons. The van der Waals surface area contributed by atoms with E-state index in [4.69, 9.17) is 0 Å². The molecule has 5 heteroatoms. The van der Waals surface area contributed by atoms with E-state index in [0.717, 1.165) is 17.0 Å². The largest absolute Gasteiger partial charge is 0.356 e. The average molecular weight is 341 g/mol. The maximum atomic E-state index is 12.1. The third-order valence-corrected chi connectivity index (χ3v) is 4.64. The summed E-state index contributed by atoms with van der Waals surface area (Å²) in [5.74, 6) is -0.163. The zero-order valence-corrected chi connectivity index (χ0v) is 15.5. The zero-order chi connectivity index (χ0) is 18.6. The highest BCUT2D eigenvalue weighted by Crippen LogP contribution is 2.40. The molecule has 0 saturated heterocycles. The van der Waals surface area contributed by atoms with E-state index in [1.165, 1.54) is 5.56 Å². The van der Waals surface area contributed by atoms with Crippen LogP contribution in [0.4, 0.5) is 5.69 Å². The highest BCUT2D eigenvalue weighted by atomic mass is 16.2. The monoisotopic (exact) mass is 341 g/mol. The SMILES string of the molecule is C=C(C)C(=O)NCCCNC(=O)Cc1ccc2c(c1)C(C)(C)C(C)=N2. The number of fused-ring (bicyclic) bond motifs is 1. The third-order valence-electron chi connectivity index (χ3n) is 4.64. The van der Waals surface area contributed by atoms with Gasteiger partial charge in [0, 0.05) is 29.8 Å². The Bertz CT molecular complexity index is 732. The summed E-state index contributed by atoms with van der Waals surface area (Å²) in [4.78, 5) is 28.0. The van der Waals surface area contributed by atoms with E-state index in [-0.39, 0.29) is 17.2 Å². The lowest BCUT2D eigenvalue weighted by Gasteiger charge is -2.20. The minimum atomic E-state index is -0.149. The molecule has 134 valence electrons. The Morgan fingerprint density at radius 3 is 2.56 bits per heavy atom. The number of carbonyl (C=O) groups excluding carboxylic acids is 2. The molecular formula is C20H27N3O2. The molecule has 1 aromatic carbocycles. The van der Waals surface area contributed by atoms with E-state index in [2.05, 4.69) is 42.1 Å². The van der Waals surface area contributed by atoms with Gasteiger partial charge in [-0.15, -0.1) is 0 Å². The lowest BCUT2D eigenvalue weighted by molar-refractivity contribution is -0.120. The standard InChI is InChI=1S/C20H27N3O2/c1-13(2)19(25)22-10-6-9-21-18(24)12-15-7-8-17-16(11-15)20(4,5)14(3)23-17/h7-8,11H,1,6,9-10,12H2,2-5H3,(H,21,24)(H,22,25). The highest BCUT2D eigenvalue weighted by molar-refractivity contribution is 5.99. The van der Waals surface area contributed by atoms with Crippen molar-refractivity contribution in [2.24, 2.45) is 4.99 Å². The second kappa shape index (κ2) is 7.64. The summed E-state index contributed by atoms with van der Waals surface area (Å²) in [7, 11) is 0. The summed E-state index contributed by atoms with van der Waals surface area (Å²) >= 11 is 0. The molecule has 0 bridgehead atoms.